The van der Waals surface area contributed by atoms with Crippen LogP contribution < -0.4 is 5.32 Å². The summed E-state index contributed by atoms with van der Waals surface area (Å²) in [5.74, 6) is -0.174. The van der Waals surface area contributed by atoms with E-state index >= 15 is 0 Å². The second-order valence-electron chi connectivity index (χ2n) is 6.74. The summed E-state index contributed by atoms with van der Waals surface area (Å²) in [5, 5.41) is 5.08. The number of imidazole rings is 1. The first-order valence-corrected chi connectivity index (χ1v) is 9.71. The van der Waals surface area contributed by atoms with E-state index in [1.54, 1.807) is 17.4 Å². The summed E-state index contributed by atoms with van der Waals surface area (Å²) < 4.78 is 15.8. The molecule has 0 spiro atoms. The van der Waals surface area contributed by atoms with Gasteiger partial charge in [0, 0.05) is 42.5 Å². The maximum Gasteiger partial charge on any atom is 0.226 e. The molecule has 1 aliphatic heterocycles. The van der Waals surface area contributed by atoms with Gasteiger partial charge in [0.15, 0.2) is 4.96 Å². The van der Waals surface area contributed by atoms with Crippen molar-refractivity contribution in [2.24, 2.45) is 0 Å². The first kappa shape index (κ1) is 17.2. The van der Waals surface area contributed by atoms with Crippen molar-refractivity contribution in [1.29, 1.82) is 0 Å². The molecule has 0 bridgehead atoms. The van der Waals surface area contributed by atoms with E-state index in [0.29, 0.717) is 12.1 Å². The van der Waals surface area contributed by atoms with Crippen molar-refractivity contribution in [2.75, 3.05) is 13.1 Å². The molecule has 0 unspecified atom stereocenters. The van der Waals surface area contributed by atoms with Crippen LogP contribution >= 0.6 is 11.3 Å². The highest BCUT2D eigenvalue weighted by atomic mass is 32.1. The molecular weight excluding hydrogens is 351 g/mol. The van der Waals surface area contributed by atoms with E-state index in [1.165, 1.54) is 6.07 Å². The number of benzene rings is 1. The number of halogens is 1. The number of nitrogens with one attached hydrogen (secondary N) is 1. The van der Waals surface area contributed by atoms with E-state index in [0.717, 1.165) is 36.6 Å². The topological polar surface area (TPSA) is 49.6 Å². The quantitative estimate of drug-likeness (QED) is 0.749. The average molecular weight is 372 g/mol. The summed E-state index contributed by atoms with van der Waals surface area (Å²) in [4.78, 5) is 19.9. The Morgan fingerprint density at radius 3 is 3.12 bits per heavy atom. The second-order valence-corrected chi connectivity index (χ2v) is 7.61. The molecule has 3 heterocycles. The molecule has 1 amide bonds. The summed E-state index contributed by atoms with van der Waals surface area (Å²) in [7, 11) is 0. The zero-order chi connectivity index (χ0) is 17.9. The fourth-order valence-corrected chi connectivity index (χ4v) is 4.21. The monoisotopic (exact) mass is 372 g/mol. The third-order valence-corrected chi connectivity index (χ3v) is 5.48. The molecule has 2 aromatic heterocycles. The molecule has 5 nitrogen and oxygen atoms in total. The Labute approximate surface area is 155 Å². The summed E-state index contributed by atoms with van der Waals surface area (Å²) in [5.41, 5.74) is 1.49. The second kappa shape index (κ2) is 7.55. The maximum absolute atomic E-state index is 13.9. The standard InChI is InChI=1S/C19H21FN4OS/c20-17-6-2-1-4-14(17)11-23-7-3-5-15(12-23)21-18(25)10-16-13-24-8-9-26-19(24)22-16/h1-2,4,6,8-9,13,15H,3,5,7,10-12H2,(H,21,25)/t15-/m1/s1. The molecule has 26 heavy (non-hydrogen) atoms. The fraction of sp³-hybridized carbons (Fsp3) is 0.368. The Bertz CT molecular complexity index is 877. The summed E-state index contributed by atoms with van der Waals surface area (Å²) in [6, 6.07) is 6.98. The largest absolute Gasteiger partial charge is 0.352 e. The van der Waals surface area contributed by atoms with Crippen LogP contribution in [0.1, 0.15) is 24.1 Å². The van der Waals surface area contributed by atoms with Gasteiger partial charge < -0.3 is 5.32 Å². The van der Waals surface area contributed by atoms with Gasteiger partial charge in [0.2, 0.25) is 5.91 Å². The number of hydrogen-bond donors (Lipinski definition) is 1. The highest BCUT2D eigenvalue weighted by Gasteiger charge is 2.22. The van der Waals surface area contributed by atoms with Gasteiger partial charge in [-0.1, -0.05) is 18.2 Å². The average Bonchev–Trinajstić information content (AvgIpc) is 3.18. The number of carbonyl (C=O) groups is 1. The van der Waals surface area contributed by atoms with Gasteiger partial charge in [-0.15, -0.1) is 11.3 Å². The minimum Gasteiger partial charge on any atom is -0.352 e. The highest BCUT2D eigenvalue weighted by Crippen LogP contribution is 2.16. The van der Waals surface area contributed by atoms with Crippen LogP contribution in [0.5, 0.6) is 0 Å². The van der Waals surface area contributed by atoms with Crippen LogP contribution in [0.15, 0.2) is 42.0 Å². The van der Waals surface area contributed by atoms with Gasteiger partial charge >= 0.3 is 0 Å². The van der Waals surface area contributed by atoms with E-state index in [9.17, 15) is 9.18 Å². The van der Waals surface area contributed by atoms with Crippen molar-refractivity contribution in [3.63, 3.8) is 0 Å². The smallest absolute Gasteiger partial charge is 0.226 e. The number of carbonyl (C=O) groups excluding carboxylic acids is 1. The lowest BCUT2D eigenvalue weighted by Crippen LogP contribution is -2.47. The highest BCUT2D eigenvalue weighted by molar-refractivity contribution is 7.15. The van der Waals surface area contributed by atoms with Crippen LogP contribution in [-0.2, 0) is 17.8 Å². The van der Waals surface area contributed by atoms with E-state index in [2.05, 4.69) is 15.2 Å². The normalized spacial score (nSPS) is 18.3. The molecule has 0 aliphatic carbocycles. The first-order valence-electron chi connectivity index (χ1n) is 8.83. The number of rotatable bonds is 5. The minimum atomic E-state index is -0.168. The molecule has 1 aromatic carbocycles. The molecular formula is C19H21FN4OS. The Kier molecular flexibility index (Phi) is 4.99. The minimum absolute atomic E-state index is 0.00602. The van der Waals surface area contributed by atoms with Crippen LogP contribution in [0.25, 0.3) is 4.96 Å². The number of likely N-dealkylation sites (tertiary alicyclic amines) is 1. The third-order valence-electron chi connectivity index (χ3n) is 4.71. The van der Waals surface area contributed by atoms with Crippen LogP contribution in [-0.4, -0.2) is 39.3 Å². The van der Waals surface area contributed by atoms with Gasteiger partial charge in [-0.25, -0.2) is 9.37 Å². The SMILES string of the molecule is O=C(Cc1cn2ccsc2n1)N[C@@H]1CCCN(Cc2ccccc2F)C1. The molecule has 136 valence electrons. The van der Waals surface area contributed by atoms with Crippen molar-refractivity contribution < 1.29 is 9.18 Å². The molecule has 0 saturated carbocycles. The predicted molar refractivity (Wildman–Crippen MR) is 99.6 cm³/mol. The van der Waals surface area contributed by atoms with E-state index in [4.69, 9.17) is 0 Å². The Morgan fingerprint density at radius 2 is 2.27 bits per heavy atom. The molecule has 1 N–H and O–H groups in total. The number of thiazole rings is 1. The van der Waals surface area contributed by atoms with Crippen molar-refractivity contribution in [3.05, 3.63) is 59.1 Å². The van der Waals surface area contributed by atoms with Crippen LogP contribution in [0.3, 0.4) is 0 Å². The first-order chi connectivity index (χ1) is 12.7. The molecule has 3 aromatic rings. The molecule has 1 aliphatic rings. The number of piperidine rings is 1. The van der Waals surface area contributed by atoms with E-state index < -0.39 is 0 Å². The number of nitrogens with zero attached hydrogens (tertiary/aromatic N) is 3. The third kappa shape index (κ3) is 3.94. The molecule has 7 heteroatoms. The van der Waals surface area contributed by atoms with Gasteiger partial charge in [-0.3, -0.25) is 14.1 Å². The lowest BCUT2D eigenvalue weighted by molar-refractivity contribution is -0.121. The zero-order valence-electron chi connectivity index (χ0n) is 14.4. The van der Waals surface area contributed by atoms with Crippen molar-refractivity contribution in [3.8, 4) is 0 Å². The van der Waals surface area contributed by atoms with Gasteiger partial charge in [0.25, 0.3) is 0 Å². The number of hydrogen-bond acceptors (Lipinski definition) is 4. The van der Waals surface area contributed by atoms with Gasteiger partial charge in [-0.05, 0) is 25.5 Å². The van der Waals surface area contributed by atoms with Crippen LogP contribution in [0, 0.1) is 5.82 Å². The van der Waals surface area contributed by atoms with Gasteiger partial charge in [0.1, 0.15) is 5.82 Å². The number of fused-ring (bicyclic) bond motifs is 1. The molecule has 1 saturated heterocycles. The van der Waals surface area contributed by atoms with Crippen molar-refractivity contribution >= 4 is 22.2 Å². The van der Waals surface area contributed by atoms with Crippen molar-refractivity contribution in [1.82, 2.24) is 19.6 Å². The number of aromatic nitrogens is 2. The van der Waals surface area contributed by atoms with Crippen LogP contribution in [0.4, 0.5) is 4.39 Å². The molecule has 1 fully saturated rings. The Morgan fingerprint density at radius 1 is 1.38 bits per heavy atom. The lowest BCUT2D eigenvalue weighted by Gasteiger charge is -2.33. The molecule has 0 radical (unpaired) electrons. The molecule has 4 rings (SSSR count). The zero-order valence-corrected chi connectivity index (χ0v) is 15.2. The van der Waals surface area contributed by atoms with Gasteiger partial charge in [-0.2, -0.15) is 0 Å². The summed E-state index contributed by atoms with van der Waals surface area (Å²) in [6.45, 7) is 2.26. The van der Waals surface area contributed by atoms with Crippen LogP contribution in [0.2, 0.25) is 0 Å². The van der Waals surface area contributed by atoms with E-state index in [-0.39, 0.29) is 24.2 Å². The summed E-state index contributed by atoms with van der Waals surface area (Å²) in [6.07, 6.45) is 6.09. The van der Waals surface area contributed by atoms with Crippen molar-refractivity contribution in [2.45, 2.75) is 31.8 Å². The Hall–Kier alpha value is -2.25. The van der Waals surface area contributed by atoms with E-state index in [1.807, 2.05) is 34.3 Å². The lowest BCUT2D eigenvalue weighted by atomic mass is 10.0. The molecule has 1 atom stereocenters. The maximum atomic E-state index is 13.9. The summed E-state index contributed by atoms with van der Waals surface area (Å²) >= 11 is 1.56. The predicted octanol–water partition coefficient (Wildman–Crippen LogP) is 2.86. The number of amides is 1. The Balaban J connectivity index is 1.32. The fourth-order valence-electron chi connectivity index (χ4n) is 3.49. The van der Waals surface area contributed by atoms with Gasteiger partial charge in [0.05, 0.1) is 12.1 Å².